The number of thioether (sulfide) groups is 1. The number of halogens is 1. The fourth-order valence-electron chi connectivity index (χ4n) is 2.20. The predicted octanol–water partition coefficient (Wildman–Crippen LogP) is 3.32. The van der Waals surface area contributed by atoms with Crippen LogP contribution >= 0.6 is 27.7 Å². The highest BCUT2D eigenvalue weighted by Gasteiger charge is 2.07. The summed E-state index contributed by atoms with van der Waals surface area (Å²) in [7, 11) is 0. The molecule has 0 radical (unpaired) electrons. The van der Waals surface area contributed by atoms with Crippen LogP contribution in [0.25, 0.3) is 0 Å². The van der Waals surface area contributed by atoms with Gasteiger partial charge in [-0.3, -0.25) is 9.59 Å². The second kappa shape index (κ2) is 10.3. The van der Waals surface area contributed by atoms with Crippen LogP contribution in [-0.2, 0) is 16.0 Å². The number of carbonyl (C=O) groups excluding carboxylic acids is 2. The predicted molar refractivity (Wildman–Crippen MR) is 106 cm³/mol. The average Bonchev–Trinajstić information content (AvgIpc) is 2.60. The normalized spacial score (nSPS) is 10.3. The molecule has 0 heterocycles. The van der Waals surface area contributed by atoms with Gasteiger partial charge in [-0.25, -0.2) is 0 Å². The fourth-order valence-corrected chi connectivity index (χ4v) is 3.52. The number of amides is 2. The molecule has 0 aliphatic carbocycles. The van der Waals surface area contributed by atoms with Crippen molar-refractivity contribution < 1.29 is 9.59 Å². The van der Waals surface area contributed by atoms with Crippen molar-refractivity contribution in [1.29, 1.82) is 0 Å². The molecule has 0 aliphatic rings. The molecular weight excluding hydrogens is 400 g/mol. The van der Waals surface area contributed by atoms with Crippen LogP contribution in [0, 0.1) is 6.92 Å². The van der Waals surface area contributed by atoms with Gasteiger partial charge in [0, 0.05) is 15.9 Å². The maximum Gasteiger partial charge on any atom is 0.239 e. The number of hydrogen-bond acceptors (Lipinski definition) is 3. The van der Waals surface area contributed by atoms with E-state index in [1.165, 1.54) is 17.3 Å². The van der Waals surface area contributed by atoms with Crippen LogP contribution in [0.15, 0.2) is 57.9 Å². The smallest absolute Gasteiger partial charge is 0.239 e. The van der Waals surface area contributed by atoms with Gasteiger partial charge in [0.25, 0.3) is 0 Å². The standard InChI is InChI=1S/C19H21BrN2O2S/c1-14-11-16(20)7-8-17(14)25-13-19(24)22-12-18(23)21-10-9-15-5-3-2-4-6-15/h2-8,11H,9-10,12-13H2,1H3,(H,21,23)(H,22,24). The molecule has 0 aromatic heterocycles. The minimum absolute atomic E-state index is 0.00744. The Kier molecular flexibility index (Phi) is 8.01. The molecule has 4 nitrogen and oxygen atoms in total. The SMILES string of the molecule is Cc1cc(Br)ccc1SCC(=O)NCC(=O)NCCc1ccccc1. The van der Waals surface area contributed by atoms with Gasteiger partial charge in [-0.2, -0.15) is 0 Å². The highest BCUT2D eigenvalue weighted by Crippen LogP contribution is 2.24. The molecule has 0 spiro atoms. The monoisotopic (exact) mass is 420 g/mol. The average molecular weight is 421 g/mol. The summed E-state index contributed by atoms with van der Waals surface area (Å²) in [4.78, 5) is 24.7. The summed E-state index contributed by atoms with van der Waals surface area (Å²) in [5.41, 5.74) is 2.29. The first-order valence-electron chi connectivity index (χ1n) is 8.01. The van der Waals surface area contributed by atoms with Crippen molar-refractivity contribution in [1.82, 2.24) is 10.6 Å². The number of rotatable bonds is 8. The third kappa shape index (κ3) is 7.32. The third-order valence-electron chi connectivity index (χ3n) is 3.52. The van der Waals surface area contributed by atoms with Gasteiger partial charge < -0.3 is 10.6 Å². The van der Waals surface area contributed by atoms with Gasteiger partial charge >= 0.3 is 0 Å². The molecule has 0 unspecified atom stereocenters. The van der Waals surface area contributed by atoms with E-state index in [1.807, 2.05) is 55.5 Å². The lowest BCUT2D eigenvalue weighted by Gasteiger charge is -2.08. The van der Waals surface area contributed by atoms with Crippen LogP contribution in [-0.4, -0.2) is 30.7 Å². The van der Waals surface area contributed by atoms with Gasteiger partial charge in [0.05, 0.1) is 12.3 Å². The van der Waals surface area contributed by atoms with E-state index in [2.05, 4.69) is 26.6 Å². The van der Waals surface area contributed by atoms with E-state index in [-0.39, 0.29) is 18.4 Å². The largest absolute Gasteiger partial charge is 0.354 e. The Hall–Kier alpha value is -1.79. The second-order valence-corrected chi connectivity index (χ2v) is 7.49. The van der Waals surface area contributed by atoms with Gasteiger partial charge in [0.2, 0.25) is 11.8 Å². The highest BCUT2D eigenvalue weighted by atomic mass is 79.9. The maximum atomic E-state index is 11.9. The maximum absolute atomic E-state index is 11.9. The van der Waals surface area contributed by atoms with E-state index >= 15 is 0 Å². The fraction of sp³-hybridized carbons (Fsp3) is 0.263. The molecule has 6 heteroatoms. The molecule has 2 aromatic carbocycles. The van der Waals surface area contributed by atoms with Crippen LogP contribution in [0.1, 0.15) is 11.1 Å². The van der Waals surface area contributed by atoms with Crippen molar-refractivity contribution in [2.75, 3.05) is 18.8 Å². The molecule has 2 rings (SSSR count). The molecule has 0 bridgehead atoms. The zero-order valence-electron chi connectivity index (χ0n) is 14.0. The van der Waals surface area contributed by atoms with Crippen LogP contribution in [0.4, 0.5) is 0 Å². The third-order valence-corrected chi connectivity index (χ3v) is 5.19. The van der Waals surface area contributed by atoms with E-state index in [0.29, 0.717) is 12.3 Å². The summed E-state index contributed by atoms with van der Waals surface area (Å²) in [5.74, 6) is -0.0283. The zero-order chi connectivity index (χ0) is 18.1. The molecule has 0 aliphatic heterocycles. The van der Waals surface area contributed by atoms with Gasteiger partial charge in [-0.15, -0.1) is 11.8 Å². The molecule has 25 heavy (non-hydrogen) atoms. The number of aryl methyl sites for hydroxylation is 1. The molecule has 0 atom stereocenters. The van der Waals surface area contributed by atoms with Crippen molar-refractivity contribution in [3.05, 3.63) is 64.1 Å². The number of carbonyl (C=O) groups is 2. The van der Waals surface area contributed by atoms with E-state index in [1.54, 1.807) is 0 Å². The minimum atomic E-state index is -0.172. The van der Waals surface area contributed by atoms with Crippen molar-refractivity contribution in [3.63, 3.8) is 0 Å². The first-order valence-corrected chi connectivity index (χ1v) is 9.79. The Morgan fingerprint density at radius 1 is 1.04 bits per heavy atom. The molecule has 2 aromatic rings. The molecule has 2 N–H and O–H groups in total. The number of benzene rings is 2. The Morgan fingerprint density at radius 3 is 2.52 bits per heavy atom. The Labute approximate surface area is 160 Å². The summed E-state index contributed by atoms with van der Waals surface area (Å²) in [6.45, 7) is 2.57. The quantitative estimate of drug-likeness (QED) is 0.643. The van der Waals surface area contributed by atoms with Crippen molar-refractivity contribution in [2.24, 2.45) is 0 Å². The minimum Gasteiger partial charge on any atom is -0.354 e. The summed E-state index contributed by atoms with van der Waals surface area (Å²) in [6, 6.07) is 15.9. The zero-order valence-corrected chi connectivity index (χ0v) is 16.5. The van der Waals surface area contributed by atoms with Gasteiger partial charge in [0.1, 0.15) is 0 Å². The number of nitrogens with one attached hydrogen (secondary N) is 2. The Balaban J connectivity index is 1.63. The van der Waals surface area contributed by atoms with E-state index in [4.69, 9.17) is 0 Å². The van der Waals surface area contributed by atoms with Crippen LogP contribution in [0.2, 0.25) is 0 Å². The highest BCUT2D eigenvalue weighted by molar-refractivity contribution is 9.10. The molecule has 0 saturated carbocycles. The first-order chi connectivity index (χ1) is 12.0. The lowest BCUT2D eigenvalue weighted by atomic mass is 10.1. The van der Waals surface area contributed by atoms with Gasteiger partial charge in [0.15, 0.2) is 0 Å². The summed E-state index contributed by atoms with van der Waals surface area (Å²) >= 11 is 4.89. The molecule has 0 saturated heterocycles. The molecule has 0 fully saturated rings. The van der Waals surface area contributed by atoms with Crippen LogP contribution < -0.4 is 10.6 Å². The van der Waals surface area contributed by atoms with Crippen molar-refractivity contribution in [2.45, 2.75) is 18.2 Å². The number of hydrogen-bond donors (Lipinski definition) is 2. The molecular formula is C19H21BrN2O2S. The van der Waals surface area contributed by atoms with Crippen molar-refractivity contribution >= 4 is 39.5 Å². The topological polar surface area (TPSA) is 58.2 Å². The van der Waals surface area contributed by atoms with E-state index in [9.17, 15) is 9.59 Å². The van der Waals surface area contributed by atoms with Crippen molar-refractivity contribution in [3.8, 4) is 0 Å². The lowest BCUT2D eigenvalue weighted by Crippen LogP contribution is -2.38. The van der Waals surface area contributed by atoms with E-state index < -0.39 is 0 Å². The van der Waals surface area contributed by atoms with Gasteiger partial charge in [-0.05, 0) is 42.7 Å². The second-order valence-electron chi connectivity index (χ2n) is 5.56. The summed E-state index contributed by atoms with van der Waals surface area (Å²) in [5, 5.41) is 5.46. The molecule has 132 valence electrons. The Bertz CT molecular complexity index is 723. The van der Waals surface area contributed by atoms with Crippen LogP contribution in [0.3, 0.4) is 0 Å². The summed E-state index contributed by atoms with van der Waals surface area (Å²) in [6.07, 6.45) is 0.777. The van der Waals surface area contributed by atoms with Gasteiger partial charge in [-0.1, -0.05) is 46.3 Å². The first kappa shape index (κ1) is 19.5. The van der Waals surface area contributed by atoms with Crippen LogP contribution in [0.5, 0.6) is 0 Å². The molecule has 2 amide bonds. The Morgan fingerprint density at radius 2 is 1.80 bits per heavy atom. The lowest BCUT2D eigenvalue weighted by molar-refractivity contribution is -0.124. The van der Waals surface area contributed by atoms with E-state index in [0.717, 1.165) is 21.4 Å². The summed E-state index contributed by atoms with van der Waals surface area (Å²) < 4.78 is 1.02.